The van der Waals surface area contributed by atoms with E-state index in [1.807, 2.05) is 0 Å². The molecule has 0 aromatic carbocycles. The quantitative estimate of drug-likeness (QED) is 0.788. The Balaban J connectivity index is 2.01. The first kappa shape index (κ1) is 12.0. The molecule has 0 aliphatic heterocycles. The van der Waals surface area contributed by atoms with Crippen LogP contribution >= 0.6 is 0 Å². The van der Waals surface area contributed by atoms with Gasteiger partial charge in [0.25, 0.3) is 0 Å². The van der Waals surface area contributed by atoms with Crippen LogP contribution in [0.2, 0.25) is 0 Å². The van der Waals surface area contributed by atoms with E-state index in [1.54, 1.807) is 30.9 Å². The van der Waals surface area contributed by atoms with E-state index in [2.05, 4.69) is 10.1 Å². The number of hydrogen-bond acceptors (Lipinski definition) is 5. The van der Waals surface area contributed by atoms with Crippen molar-refractivity contribution in [1.29, 1.82) is 0 Å². The monoisotopic (exact) mass is 261 g/mol. The predicted molar refractivity (Wildman–Crippen MR) is 66.6 cm³/mol. The largest absolute Gasteiger partial charge is 0.460 e. The maximum atomic E-state index is 11.9. The molecule has 0 radical (unpaired) electrons. The molecule has 2 aromatic heterocycles. The molecule has 0 N–H and O–H groups in total. The summed E-state index contributed by atoms with van der Waals surface area (Å²) in [7, 11) is 1.81. The molecule has 1 aliphatic rings. The first-order valence-electron chi connectivity index (χ1n) is 6.37. The topological polar surface area (TPSA) is 70.2 Å². The van der Waals surface area contributed by atoms with E-state index in [0.29, 0.717) is 18.4 Å². The number of nitrogens with zero attached hydrogens (tertiary/aromatic N) is 3. The van der Waals surface area contributed by atoms with Crippen LogP contribution in [0, 0.1) is 0 Å². The Morgan fingerprint density at radius 1 is 1.58 bits per heavy atom. The lowest BCUT2D eigenvalue weighted by Crippen LogP contribution is -2.05. The van der Waals surface area contributed by atoms with Crippen molar-refractivity contribution in [3.05, 3.63) is 23.7 Å². The van der Waals surface area contributed by atoms with Gasteiger partial charge in [-0.15, -0.1) is 0 Å². The number of oxazole rings is 1. The number of carbonyl (C=O) groups excluding carboxylic acids is 1. The molecular formula is C13H15N3O3. The summed E-state index contributed by atoms with van der Waals surface area (Å²) in [4.78, 5) is 16.3. The molecule has 6 nitrogen and oxygen atoms in total. The first-order chi connectivity index (χ1) is 9.20. The van der Waals surface area contributed by atoms with Crippen LogP contribution in [-0.4, -0.2) is 27.3 Å². The average Bonchev–Trinajstić information content (AvgIpc) is 2.99. The molecule has 0 amide bonds. The van der Waals surface area contributed by atoms with E-state index in [-0.39, 0.29) is 5.76 Å². The third-order valence-electron chi connectivity index (χ3n) is 3.12. The molecule has 6 heteroatoms. The Morgan fingerprint density at radius 2 is 2.37 bits per heavy atom. The Hall–Kier alpha value is -2.11. The van der Waals surface area contributed by atoms with Crippen LogP contribution in [0.4, 0.5) is 0 Å². The number of aryl methyl sites for hydroxylation is 1. The molecule has 1 saturated carbocycles. The van der Waals surface area contributed by atoms with Crippen LogP contribution in [-0.2, 0) is 11.8 Å². The van der Waals surface area contributed by atoms with Crippen LogP contribution < -0.4 is 0 Å². The van der Waals surface area contributed by atoms with Gasteiger partial charge in [0, 0.05) is 19.2 Å². The minimum atomic E-state index is -0.440. The fourth-order valence-corrected chi connectivity index (χ4v) is 2.00. The summed E-state index contributed by atoms with van der Waals surface area (Å²) in [6.45, 7) is 2.10. The van der Waals surface area contributed by atoms with Gasteiger partial charge in [-0.3, -0.25) is 4.68 Å². The van der Waals surface area contributed by atoms with Gasteiger partial charge in [0.05, 0.1) is 12.3 Å². The van der Waals surface area contributed by atoms with Gasteiger partial charge in [0.1, 0.15) is 5.69 Å². The summed E-state index contributed by atoms with van der Waals surface area (Å²) >= 11 is 0. The highest BCUT2D eigenvalue weighted by atomic mass is 16.5. The maximum Gasteiger partial charge on any atom is 0.376 e. The Kier molecular flexibility index (Phi) is 2.85. The fourth-order valence-electron chi connectivity index (χ4n) is 2.00. The number of rotatable bonds is 4. The van der Waals surface area contributed by atoms with Crippen molar-refractivity contribution in [3.8, 4) is 11.6 Å². The second-order valence-corrected chi connectivity index (χ2v) is 4.57. The van der Waals surface area contributed by atoms with Crippen LogP contribution in [0.5, 0.6) is 0 Å². The smallest absolute Gasteiger partial charge is 0.376 e. The van der Waals surface area contributed by atoms with Crippen molar-refractivity contribution >= 4 is 5.97 Å². The van der Waals surface area contributed by atoms with Crippen LogP contribution in [0.3, 0.4) is 0 Å². The number of esters is 1. The van der Waals surface area contributed by atoms with Gasteiger partial charge < -0.3 is 9.15 Å². The van der Waals surface area contributed by atoms with Crippen molar-refractivity contribution in [2.24, 2.45) is 7.05 Å². The SMILES string of the molecule is CCOC(=O)c1oc(-c2ccnn2C)nc1C1CC1. The molecule has 1 aliphatic carbocycles. The molecule has 100 valence electrons. The lowest BCUT2D eigenvalue weighted by molar-refractivity contribution is 0.0489. The van der Waals surface area contributed by atoms with Gasteiger partial charge in [0.15, 0.2) is 0 Å². The van der Waals surface area contributed by atoms with Gasteiger partial charge >= 0.3 is 5.97 Å². The van der Waals surface area contributed by atoms with Crippen molar-refractivity contribution in [2.45, 2.75) is 25.7 Å². The lowest BCUT2D eigenvalue weighted by Gasteiger charge is -1.99. The van der Waals surface area contributed by atoms with E-state index < -0.39 is 5.97 Å². The molecule has 0 bridgehead atoms. The second kappa shape index (κ2) is 4.53. The predicted octanol–water partition coefficient (Wildman–Crippen LogP) is 2.13. The minimum Gasteiger partial charge on any atom is -0.460 e. The zero-order chi connectivity index (χ0) is 13.4. The Morgan fingerprint density at radius 3 is 2.95 bits per heavy atom. The summed E-state index contributed by atoms with van der Waals surface area (Å²) in [6, 6.07) is 1.80. The van der Waals surface area contributed by atoms with E-state index in [9.17, 15) is 4.79 Å². The van der Waals surface area contributed by atoms with Crippen LogP contribution in [0.1, 0.15) is 41.9 Å². The Labute approximate surface area is 110 Å². The fraction of sp³-hybridized carbons (Fsp3) is 0.462. The number of carbonyl (C=O) groups is 1. The van der Waals surface area contributed by atoms with E-state index in [1.165, 1.54) is 0 Å². The minimum absolute atomic E-state index is 0.237. The summed E-state index contributed by atoms with van der Waals surface area (Å²) in [6.07, 6.45) is 3.76. The first-order valence-corrected chi connectivity index (χ1v) is 6.37. The molecule has 2 aromatic rings. The third kappa shape index (κ3) is 2.14. The van der Waals surface area contributed by atoms with Gasteiger partial charge in [-0.1, -0.05) is 0 Å². The molecule has 0 unspecified atom stereocenters. The molecule has 0 saturated heterocycles. The summed E-state index contributed by atoms with van der Waals surface area (Å²) in [5, 5.41) is 4.07. The van der Waals surface area contributed by atoms with Gasteiger partial charge in [-0.25, -0.2) is 9.78 Å². The van der Waals surface area contributed by atoms with Crippen molar-refractivity contribution in [2.75, 3.05) is 6.61 Å². The van der Waals surface area contributed by atoms with Crippen molar-refractivity contribution in [3.63, 3.8) is 0 Å². The van der Waals surface area contributed by atoms with Gasteiger partial charge in [-0.2, -0.15) is 5.10 Å². The highest BCUT2D eigenvalue weighted by molar-refractivity contribution is 5.88. The standard InChI is InChI=1S/C13H15N3O3/c1-3-18-13(17)11-10(8-4-5-8)15-12(19-11)9-6-7-14-16(9)2/h6-8H,3-5H2,1-2H3. The van der Waals surface area contributed by atoms with Gasteiger partial charge in [0.2, 0.25) is 11.7 Å². The molecule has 19 heavy (non-hydrogen) atoms. The maximum absolute atomic E-state index is 11.9. The van der Waals surface area contributed by atoms with Gasteiger partial charge in [-0.05, 0) is 25.8 Å². The van der Waals surface area contributed by atoms with E-state index in [0.717, 1.165) is 24.2 Å². The van der Waals surface area contributed by atoms with Crippen molar-refractivity contribution < 1.29 is 13.9 Å². The molecule has 1 fully saturated rings. The lowest BCUT2D eigenvalue weighted by atomic mass is 10.2. The summed E-state index contributed by atoms with van der Waals surface area (Å²) < 4.78 is 12.3. The van der Waals surface area contributed by atoms with E-state index >= 15 is 0 Å². The third-order valence-corrected chi connectivity index (χ3v) is 3.12. The summed E-state index contributed by atoms with van der Waals surface area (Å²) in [5.74, 6) is 0.543. The number of ether oxygens (including phenoxy) is 1. The van der Waals surface area contributed by atoms with E-state index in [4.69, 9.17) is 9.15 Å². The highest BCUT2D eigenvalue weighted by Crippen LogP contribution is 2.42. The van der Waals surface area contributed by atoms with Crippen LogP contribution in [0.15, 0.2) is 16.7 Å². The highest BCUT2D eigenvalue weighted by Gasteiger charge is 2.34. The molecule has 0 spiro atoms. The zero-order valence-corrected chi connectivity index (χ0v) is 10.9. The molecule has 2 heterocycles. The molecular weight excluding hydrogens is 246 g/mol. The van der Waals surface area contributed by atoms with Crippen LogP contribution in [0.25, 0.3) is 11.6 Å². The number of aromatic nitrogens is 3. The van der Waals surface area contributed by atoms with Crippen molar-refractivity contribution in [1.82, 2.24) is 14.8 Å². The average molecular weight is 261 g/mol. The number of hydrogen-bond donors (Lipinski definition) is 0. The normalized spacial score (nSPS) is 14.6. The Bertz CT molecular complexity index is 610. The zero-order valence-electron chi connectivity index (χ0n) is 10.9. The molecule has 0 atom stereocenters. The second-order valence-electron chi connectivity index (χ2n) is 4.57. The molecule has 3 rings (SSSR count). The summed E-state index contributed by atoms with van der Waals surface area (Å²) in [5.41, 5.74) is 1.46.